The van der Waals surface area contributed by atoms with Crippen molar-refractivity contribution in [2.45, 2.75) is 6.54 Å². The summed E-state index contributed by atoms with van der Waals surface area (Å²) in [6.07, 6.45) is 1.03. The van der Waals surface area contributed by atoms with Crippen molar-refractivity contribution >= 4 is 27.1 Å². The van der Waals surface area contributed by atoms with Crippen LogP contribution >= 0.6 is 11.3 Å². The van der Waals surface area contributed by atoms with Crippen LogP contribution in [0.2, 0.25) is 0 Å². The van der Waals surface area contributed by atoms with Crippen LogP contribution in [-0.4, -0.2) is 50.0 Å². The van der Waals surface area contributed by atoms with Gasteiger partial charge in [-0.1, -0.05) is 11.8 Å². The van der Waals surface area contributed by atoms with Gasteiger partial charge in [0.05, 0.1) is 4.88 Å². The highest BCUT2D eigenvalue weighted by molar-refractivity contribution is 7.91. The highest BCUT2D eigenvalue weighted by Crippen LogP contribution is 2.15. The quantitative estimate of drug-likeness (QED) is 0.800. The van der Waals surface area contributed by atoms with Gasteiger partial charge in [-0.15, -0.1) is 11.3 Å². The lowest BCUT2D eigenvalue weighted by Gasteiger charge is -2.15. The first-order valence-electron chi connectivity index (χ1n) is 5.40. The monoisotopic (exact) mass is 301 g/mol. The Morgan fingerprint density at radius 2 is 2.21 bits per heavy atom. The molecule has 5 nitrogen and oxygen atoms in total. The Labute approximate surface area is 116 Å². The first-order valence-corrected chi connectivity index (χ1v) is 8.34. The molecule has 1 aromatic rings. The van der Waals surface area contributed by atoms with E-state index in [4.69, 9.17) is 5.11 Å². The van der Waals surface area contributed by atoms with E-state index < -0.39 is 21.5 Å². The van der Waals surface area contributed by atoms with Gasteiger partial charge in [0.25, 0.3) is 0 Å². The molecule has 0 spiro atoms. The van der Waals surface area contributed by atoms with Crippen LogP contribution in [-0.2, 0) is 21.2 Å². The van der Waals surface area contributed by atoms with Crippen molar-refractivity contribution in [1.82, 2.24) is 4.90 Å². The van der Waals surface area contributed by atoms with Gasteiger partial charge in [0.15, 0.2) is 9.84 Å². The van der Waals surface area contributed by atoms with E-state index in [0.717, 1.165) is 16.7 Å². The minimum atomic E-state index is -3.31. The lowest BCUT2D eigenvalue weighted by molar-refractivity contribution is -0.127. The third-order valence-electron chi connectivity index (χ3n) is 2.18. The maximum atomic E-state index is 11.6. The predicted molar refractivity (Wildman–Crippen MR) is 74.5 cm³/mol. The van der Waals surface area contributed by atoms with Crippen LogP contribution in [0.3, 0.4) is 0 Å². The molecule has 0 saturated heterocycles. The van der Waals surface area contributed by atoms with E-state index in [1.807, 2.05) is 11.4 Å². The van der Waals surface area contributed by atoms with Crippen molar-refractivity contribution in [2.75, 3.05) is 25.7 Å². The molecule has 0 atom stereocenters. The molecule has 1 rings (SSSR count). The number of hydrogen-bond acceptors (Lipinski definition) is 5. The molecule has 0 saturated carbocycles. The van der Waals surface area contributed by atoms with Gasteiger partial charge < -0.3 is 10.0 Å². The number of nitrogens with zero attached hydrogens (tertiary/aromatic N) is 1. The zero-order valence-corrected chi connectivity index (χ0v) is 12.3. The number of thiophene rings is 1. The molecule has 0 aliphatic heterocycles. The smallest absolute Gasteiger partial charge is 0.237 e. The molecule has 7 heteroatoms. The van der Waals surface area contributed by atoms with E-state index in [-0.39, 0.29) is 6.61 Å². The fourth-order valence-electron chi connectivity index (χ4n) is 1.35. The Morgan fingerprint density at radius 1 is 1.53 bits per heavy atom. The number of sulfone groups is 1. The molecule has 0 unspecified atom stereocenters. The summed E-state index contributed by atoms with van der Waals surface area (Å²) in [7, 11) is -1.75. The Bertz CT molecular complexity index is 607. The fourth-order valence-corrected chi connectivity index (χ4v) is 2.79. The molecule has 1 N–H and O–H groups in total. The van der Waals surface area contributed by atoms with Crippen molar-refractivity contribution in [1.29, 1.82) is 0 Å². The van der Waals surface area contributed by atoms with Crippen molar-refractivity contribution in [3.05, 3.63) is 21.9 Å². The number of aliphatic hydroxyl groups excluding tert-OH is 1. The maximum Gasteiger partial charge on any atom is 0.237 e. The van der Waals surface area contributed by atoms with Gasteiger partial charge in [-0.05, 0) is 17.0 Å². The molecule has 1 heterocycles. The van der Waals surface area contributed by atoms with Gasteiger partial charge in [-0.3, -0.25) is 4.79 Å². The van der Waals surface area contributed by atoms with Crippen molar-refractivity contribution in [2.24, 2.45) is 0 Å². The summed E-state index contributed by atoms with van der Waals surface area (Å²) in [6.45, 7) is 0.144. The minimum Gasteiger partial charge on any atom is -0.384 e. The maximum absolute atomic E-state index is 11.6. The van der Waals surface area contributed by atoms with Crippen LogP contribution < -0.4 is 0 Å². The number of rotatable bonds is 4. The van der Waals surface area contributed by atoms with Gasteiger partial charge in [-0.2, -0.15) is 0 Å². The minimum absolute atomic E-state index is 0.194. The second kappa shape index (κ2) is 6.70. The predicted octanol–water partition coefficient (Wildman–Crippen LogP) is 0.0949. The molecule has 1 aromatic heterocycles. The number of hydrogen-bond donors (Lipinski definition) is 1. The lowest BCUT2D eigenvalue weighted by Crippen LogP contribution is -2.31. The van der Waals surface area contributed by atoms with E-state index in [9.17, 15) is 13.2 Å². The number of carbonyl (C=O) groups is 1. The summed E-state index contributed by atoms with van der Waals surface area (Å²) in [4.78, 5) is 13.8. The largest absolute Gasteiger partial charge is 0.384 e. The molecule has 0 fully saturated rings. The summed E-state index contributed by atoms with van der Waals surface area (Å²) in [5.74, 6) is 4.40. The average molecular weight is 301 g/mol. The van der Waals surface area contributed by atoms with Crippen LogP contribution in [0.25, 0.3) is 0 Å². The van der Waals surface area contributed by atoms with Gasteiger partial charge in [0.1, 0.15) is 12.4 Å². The number of carbonyl (C=O) groups excluding carboxylic acids is 1. The molecule has 0 aliphatic carbocycles. The van der Waals surface area contributed by atoms with Gasteiger partial charge >= 0.3 is 0 Å². The summed E-state index contributed by atoms with van der Waals surface area (Å²) in [5, 5.41) is 10.4. The van der Waals surface area contributed by atoms with Crippen molar-refractivity contribution in [3.8, 4) is 11.8 Å². The normalized spacial score (nSPS) is 10.7. The van der Waals surface area contributed by atoms with E-state index in [1.165, 1.54) is 16.2 Å². The molecular weight excluding hydrogens is 286 g/mol. The zero-order chi connectivity index (χ0) is 14.5. The van der Waals surface area contributed by atoms with Crippen LogP contribution in [0.15, 0.2) is 11.4 Å². The van der Waals surface area contributed by atoms with Gasteiger partial charge in [0.2, 0.25) is 5.91 Å². The van der Waals surface area contributed by atoms with E-state index in [0.29, 0.717) is 6.54 Å². The third kappa shape index (κ3) is 5.87. The first-order chi connectivity index (χ1) is 8.81. The first kappa shape index (κ1) is 15.7. The average Bonchev–Trinajstić information content (AvgIpc) is 2.71. The lowest BCUT2D eigenvalue weighted by atomic mass is 10.3. The van der Waals surface area contributed by atoms with E-state index in [2.05, 4.69) is 11.8 Å². The standard InChI is InChI=1S/C12H15NO4S2/c1-13(12(15)9-19(2,16)17)7-10-6-11(18-8-10)4-3-5-14/h6,8,14H,5,7,9H2,1-2H3. The van der Waals surface area contributed by atoms with Gasteiger partial charge in [0, 0.05) is 19.8 Å². The summed E-state index contributed by atoms with van der Waals surface area (Å²) in [5.41, 5.74) is 0.886. The van der Waals surface area contributed by atoms with Crippen LogP contribution in [0.1, 0.15) is 10.4 Å². The zero-order valence-electron chi connectivity index (χ0n) is 10.7. The topological polar surface area (TPSA) is 74.7 Å². The molecule has 104 valence electrons. The Kier molecular flexibility index (Phi) is 5.54. The molecule has 1 amide bonds. The van der Waals surface area contributed by atoms with Crippen molar-refractivity contribution < 1.29 is 18.3 Å². The van der Waals surface area contributed by atoms with Crippen molar-refractivity contribution in [3.63, 3.8) is 0 Å². The molecule has 0 aliphatic rings. The molecular formula is C12H15NO4S2. The van der Waals surface area contributed by atoms with E-state index >= 15 is 0 Å². The summed E-state index contributed by atoms with van der Waals surface area (Å²) in [6, 6.07) is 1.82. The van der Waals surface area contributed by atoms with E-state index in [1.54, 1.807) is 7.05 Å². The van der Waals surface area contributed by atoms with Crippen LogP contribution in [0.5, 0.6) is 0 Å². The molecule has 0 bridgehead atoms. The third-order valence-corrected chi connectivity index (χ3v) is 3.84. The Morgan fingerprint density at radius 3 is 2.79 bits per heavy atom. The van der Waals surface area contributed by atoms with Crippen LogP contribution in [0.4, 0.5) is 0 Å². The SMILES string of the molecule is CN(Cc1csc(C#CCO)c1)C(=O)CS(C)(=O)=O. The molecule has 0 aromatic carbocycles. The molecule has 19 heavy (non-hydrogen) atoms. The number of amides is 1. The Balaban J connectivity index is 2.64. The fraction of sp³-hybridized carbons (Fsp3) is 0.417. The second-order valence-electron chi connectivity index (χ2n) is 4.10. The number of aliphatic hydroxyl groups is 1. The highest BCUT2D eigenvalue weighted by atomic mass is 32.2. The van der Waals surface area contributed by atoms with Crippen LogP contribution in [0, 0.1) is 11.8 Å². The molecule has 0 radical (unpaired) electrons. The Hall–Kier alpha value is -1.36. The second-order valence-corrected chi connectivity index (χ2v) is 7.15. The van der Waals surface area contributed by atoms with Gasteiger partial charge in [-0.25, -0.2) is 8.42 Å². The summed E-state index contributed by atoms with van der Waals surface area (Å²) >= 11 is 1.42. The highest BCUT2D eigenvalue weighted by Gasteiger charge is 2.15. The summed E-state index contributed by atoms with van der Waals surface area (Å²) < 4.78 is 22.1.